The molecule has 6 heteroatoms. The largest absolute Gasteiger partial charge is 0.423 e. The third kappa shape index (κ3) is 2.61. The Kier molecular flexibility index (Phi) is 3.01. The maximum Gasteiger partial charge on any atom is 0.385 e. The quantitative estimate of drug-likeness (QED) is 0.772. The minimum atomic E-state index is -4.17. The normalized spacial score (nSPS) is 15.2. The Balaban J connectivity index is 2.24. The molecule has 0 saturated heterocycles. The Hall–Kier alpha value is -0.905. The molecule has 2 rings (SSSR count). The van der Waals surface area contributed by atoms with Crippen LogP contribution in [0.25, 0.3) is 6.08 Å². The predicted molar refractivity (Wildman–Crippen MR) is 63.6 cm³/mol. The first-order valence-corrected chi connectivity index (χ1v) is 5.54. The van der Waals surface area contributed by atoms with E-state index in [1.165, 1.54) is 0 Å². The standard InChI is InChI=1S/C10H8BBrF3N/c12-9-5-7-3-1-2-4-8(7)16-11(9)6-10(13,14)15/h1-5,16H,6H2. The van der Waals surface area contributed by atoms with Crippen molar-refractivity contribution in [1.82, 2.24) is 0 Å². The van der Waals surface area contributed by atoms with Gasteiger partial charge in [0.05, 0.1) is 0 Å². The van der Waals surface area contributed by atoms with Crippen molar-refractivity contribution in [3.63, 3.8) is 0 Å². The molecule has 0 aliphatic carbocycles. The first-order valence-electron chi connectivity index (χ1n) is 4.75. The molecule has 1 aliphatic rings. The molecule has 0 atom stereocenters. The highest BCUT2D eigenvalue weighted by molar-refractivity contribution is 9.12. The SMILES string of the molecule is FC(F)(F)CB1Nc2ccccc2C=C1Br. The summed E-state index contributed by atoms with van der Waals surface area (Å²) < 4.78 is 37.4. The molecule has 0 spiro atoms. The summed E-state index contributed by atoms with van der Waals surface area (Å²) in [6, 6.07) is 7.27. The van der Waals surface area contributed by atoms with E-state index in [-0.39, 0.29) is 0 Å². The van der Waals surface area contributed by atoms with Crippen LogP contribution in [0.5, 0.6) is 0 Å². The highest BCUT2D eigenvalue weighted by atomic mass is 79.9. The fourth-order valence-electron chi connectivity index (χ4n) is 1.64. The van der Waals surface area contributed by atoms with Crippen LogP contribution in [-0.2, 0) is 0 Å². The molecule has 1 nitrogen and oxygen atoms in total. The predicted octanol–water partition coefficient (Wildman–Crippen LogP) is 3.94. The molecule has 1 N–H and O–H groups in total. The van der Waals surface area contributed by atoms with Gasteiger partial charge in [-0.15, -0.1) is 0 Å². The minimum absolute atomic E-state index is 0.531. The van der Waals surface area contributed by atoms with Crippen LogP contribution in [0.3, 0.4) is 0 Å². The highest BCUT2D eigenvalue weighted by Crippen LogP contribution is 2.33. The van der Waals surface area contributed by atoms with E-state index in [1.54, 1.807) is 18.2 Å². The van der Waals surface area contributed by atoms with E-state index in [9.17, 15) is 13.2 Å². The van der Waals surface area contributed by atoms with Gasteiger partial charge >= 0.3 is 13.0 Å². The number of alkyl halides is 3. The van der Waals surface area contributed by atoms with Gasteiger partial charge in [-0.1, -0.05) is 34.1 Å². The van der Waals surface area contributed by atoms with Gasteiger partial charge in [-0.05, 0) is 22.1 Å². The van der Waals surface area contributed by atoms with Crippen molar-refractivity contribution >= 4 is 34.5 Å². The van der Waals surface area contributed by atoms with Gasteiger partial charge in [-0.25, -0.2) is 0 Å². The van der Waals surface area contributed by atoms with E-state index in [2.05, 4.69) is 21.2 Å². The lowest BCUT2D eigenvalue weighted by atomic mass is 9.57. The van der Waals surface area contributed by atoms with Crippen LogP contribution in [-0.4, -0.2) is 13.0 Å². The van der Waals surface area contributed by atoms with Crippen LogP contribution in [0.4, 0.5) is 18.9 Å². The third-order valence-electron chi connectivity index (χ3n) is 2.35. The van der Waals surface area contributed by atoms with Crippen molar-refractivity contribution in [1.29, 1.82) is 0 Å². The number of halogens is 4. The molecular weight excluding hydrogens is 282 g/mol. The Morgan fingerprint density at radius 2 is 1.94 bits per heavy atom. The van der Waals surface area contributed by atoms with Crippen LogP contribution in [0.15, 0.2) is 28.6 Å². The lowest BCUT2D eigenvalue weighted by Gasteiger charge is -2.23. The first-order chi connectivity index (χ1) is 7.46. The Morgan fingerprint density at radius 1 is 1.25 bits per heavy atom. The van der Waals surface area contributed by atoms with E-state index < -0.39 is 19.3 Å². The van der Waals surface area contributed by atoms with Gasteiger partial charge in [0.15, 0.2) is 0 Å². The highest BCUT2D eigenvalue weighted by Gasteiger charge is 2.37. The molecule has 0 bridgehead atoms. The number of anilines is 1. The Labute approximate surface area is 100.0 Å². The van der Waals surface area contributed by atoms with Crippen LogP contribution in [0.2, 0.25) is 6.32 Å². The van der Waals surface area contributed by atoms with Crippen molar-refractivity contribution in [2.24, 2.45) is 0 Å². The summed E-state index contributed by atoms with van der Waals surface area (Å²) >= 11 is 3.18. The molecule has 0 aromatic heterocycles. The molecule has 84 valence electrons. The van der Waals surface area contributed by atoms with Crippen molar-refractivity contribution in [3.05, 3.63) is 34.2 Å². The van der Waals surface area contributed by atoms with Crippen molar-refractivity contribution < 1.29 is 13.2 Å². The summed E-state index contributed by atoms with van der Waals surface area (Å²) in [5.74, 6) is 0. The molecule has 0 amide bonds. The Morgan fingerprint density at radius 3 is 2.62 bits per heavy atom. The van der Waals surface area contributed by atoms with E-state index in [0.29, 0.717) is 4.38 Å². The molecule has 16 heavy (non-hydrogen) atoms. The number of hydrogen-bond acceptors (Lipinski definition) is 1. The van der Waals surface area contributed by atoms with Gasteiger partial charge < -0.3 is 5.23 Å². The minimum Gasteiger partial charge on any atom is -0.423 e. The lowest BCUT2D eigenvalue weighted by Crippen LogP contribution is -2.33. The molecule has 0 saturated carbocycles. The molecule has 1 aromatic carbocycles. The second-order valence-corrected chi connectivity index (χ2v) is 4.55. The summed E-state index contributed by atoms with van der Waals surface area (Å²) in [5.41, 5.74) is 1.63. The Bertz CT molecular complexity index is 430. The topological polar surface area (TPSA) is 12.0 Å². The van der Waals surface area contributed by atoms with Crippen molar-refractivity contribution in [2.45, 2.75) is 12.5 Å². The van der Waals surface area contributed by atoms with Gasteiger partial charge in [-0.3, -0.25) is 0 Å². The fraction of sp³-hybridized carbons (Fsp3) is 0.200. The van der Waals surface area contributed by atoms with Crippen molar-refractivity contribution in [2.75, 3.05) is 5.23 Å². The number of fused-ring (bicyclic) bond motifs is 1. The second-order valence-electron chi connectivity index (χ2n) is 3.63. The van der Waals surface area contributed by atoms with E-state index in [4.69, 9.17) is 0 Å². The van der Waals surface area contributed by atoms with Gasteiger partial charge in [0.25, 0.3) is 0 Å². The zero-order valence-corrected chi connectivity index (χ0v) is 9.77. The van der Waals surface area contributed by atoms with Gasteiger partial charge in [0, 0.05) is 12.0 Å². The maximum absolute atomic E-state index is 12.3. The zero-order valence-electron chi connectivity index (χ0n) is 8.18. The van der Waals surface area contributed by atoms with Gasteiger partial charge in [0.1, 0.15) is 0 Å². The van der Waals surface area contributed by atoms with E-state index >= 15 is 0 Å². The summed E-state index contributed by atoms with van der Waals surface area (Å²) in [6.45, 7) is -0.727. The summed E-state index contributed by atoms with van der Waals surface area (Å²) in [5, 5.41) is 2.87. The van der Waals surface area contributed by atoms with Gasteiger partial charge in [-0.2, -0.15) is 13.2 Å². The monoisotopic (exact) mass is 289 g/mol. The zero-order chi connectivity index (χ0) is 11.8. The summed E-state index contributed by atoms with van der Waals surface area (Å²) in [4.78, 5) is 0. The number of hydrogen-bond donors (Lipinski definition) is 1. The first kappa shape index (κ1) is 11.6. The third-order valence-corrected chi connectivity index (χ3v) is 3.13. The maximum atomic E-state index is 12.3. The molecule has 0 unspecified atom stereocenters. The number of benzene rings is 1. The second kappa shape index (κ2) is 4.16. The van der Waals surface area contributed by atoms with E-state index in [0.717, 1.165) is 11.3 Å². The lowest BCUT2D eigenvalue weighted by molar-refractivity contribution is -0.110. The average molecular weight is 290 g/mol. The molecule has 0 radical (unpaired) electrons. The van der Waals surface area contributed by atoms with Gasteiger partial charge in [0.2, 0.25) is 0 Å². The molecule has 1 aromatic rings. The average Bonchev–Trinajstić information content (AvgIpc) is 2.17. The van der Waals surface area contributed by atoms with E-state index in [1.807, 2.05) is 12.1 Å². The molecule has 0 fully saturated rings. The molecular formula is C10H8BBrF3N. The number of rotatable bonds is 1. The summed E-state index contributed by atoms with van der Waals surface area (Å²) in [7, 11) is 0. The smallest absolute Gasteiger partial charge is 0.385 e. The van der Waals surface area contributed by atoms with Crippen LogP contribution in [0, 0.1) is 0 Å². The van der Waals surface area contributed by atoms with Crippen LogP contribution in [0.1, 0.15) is 5.56 Å². The number of para-hydroxylation sites is 1. The molecule has 1 heterocycles. The van der Waals surface area contributed by atoms with Crippen LogP contribution < -0.4 is 5.23 Å². The fourth-order valence-corrected chi connectivity index (χ4v) is 2.16. The summed E-state index contributed by atoms with van der Waals surface area (Å²) in [6.07, 6.45) is -3.32. The molecule has 1 aliphatic heterocycles. The van der Waals surface area contributed by atoms with Crippen LogP contribution >= 0.6 is 15.9 Å². The number of nitrogens with one attached hydrogen (secondary N) is 1. The van der Waals surface area contributed by atoms with Crippen molar-refractivity contribution in [3.8, 4) is 0 Å².